The van der Waals surface area contributed by atoms with Gasteiger partial charge >= 0.3 is 0 Å². The number of carbonyl (C=O) groups excluding carboxylic acids is 1. The van der Waals surface area contributed by atoms with E-state index in [1.54, 1.807) is 34.6 Å². The average molecular weight is 343 g/mol. The smallest absolute Gasteiger partial charge is 0.272 e. The van der Waals surface area contributed by atoms with E-state index in [-0.39, 0.29) is 17.8 Å². The molecule has 3 rings (SSSR count). The van der Waals surface area contributed by atoms with Crippen LogP contribution in [0.1, 0.15) is 29.2 Å². The summed E-state index contributed by atoms with van der Waals surface area (Å²) in [6, 6.07) is 12.2. The Morgan fingerprint density at radius 2 is 2.12 bits per heavy atom. The molecule has 3 aromatic rings. The molecule has 0 radical (unpaired) electrons. The van der Waals surface area contributed by atoms with Crippen LogP contribution in [0.15, 0.2) is 48.7 Å². The lowest BCUT2D eigenvalue weighted by Crippen LogP contribution is -2.36. The summed E-state index contributed by atoms with van der Waals surface area (Å²) in [6.45, 7) is 4.47. The van der Waals surface area contributed by atoms with Crippen LogP contribution in [0.25, 0.3) is 10.4 Å². The van der Waals surface area contributed by atoms with Gasteiger partial charge in [0.05, 0.1) is 6.54 Å². The fourth-order valence-corrected chi connectivity index (χ4v) is 3.45. The Morgan fingerprint density at radius 1 is 1.29 bits per heavy atom. The van der Waals surface area contributed by atoms with Gasteiger partial charge in [-0.05, 0) is 49.7 Å². The predicted octanol–water partition coefficient (Wildman–Crippen LogP) is 4.33. The highest BCUT2D eigenvalue weighted by Gasteiger charge is 2.21. The van der Waals surface area contributed by atoms with E-state index in [1.165, 1.54) is 12.1 Å². The molecule has 4 nitrogen and oxygen atoms in total. The average Bonchev–Trinajstić information content (AvgIpc) is 3.23. The first-order chi connectivity index (χ1) is 11.5. The van der Waals surface area contributed by atoms with Gasteiger partial charge in [-0.1, -0.05) is 12.1 Å². The lowest BCUT2D eigenvalue weighted by atomic mass is 10.2. The summed E-state index contributed by atoms with van der Waals surface area (Å²) in [5, 5.41) is 6.55. The summed E-state index contributed by atoms with van der Waals surface area (Å²) < 4.78 is 13.4. The summed E-state index contributed by atoms with van der Waals surface area (Å²) in [7, 11) is 0. The molecule has 0 aliphatic rings. The van der Waals surface area contributed by atoms with Gasteiger partial charge in [0.1, 0.15) is 11.5 Å². The minimum absolute atomic E-state index is 0.0560. The van der Waals surface area contributed by atoms with E-state index in [2.05, 4.69) is 10.2 Å². The summed E-state index contributed by atoms with van der Waals surface area (Å²) in [5.74, 6) is -0.330. The second-order valence-electron chi connectivity index (χ2n) is 5.77. The first-order valence-corrected chi connectivity index (χ1v) is 8.51. The Balaban J connectivity index is 1.80. The number of carbonyl (C=O) groups is 1. The van der Waals surface area contributed by atoms with E-state index in [0.717, 1.165) is 15.3 Å². The van der Waals surface area contributed by atoms with Gasteiger partial charge < -0.3 is 4.90 Å². The number of nitrogens with zero attached hydrogens (tertiary/aromatic N) is 2. The number of nitrogens with one attached hydrogen (secondary N) is 1. The van der Waals surface area contributed by atoms with E-state index in [0.29, 0.717) is 12.2 Å². The van der Waals surface area contributed by atoms with Crippen LogP contribution in [-0.2, 0) is 6.54 Å². The highest BCUT2D eigenvalue weighted by Crippen LogP contribution is 2.29. The molecular weight excluding hydrogens is 325 g/mol. The largest absolute Gasteiger partial charge is 0.330 e. The third-order valence-electron chi connectivity index (χ3n) is 3.71. The van der Waals surface area contributed by atoms with Gasteiger partial charge in [-0.2, -0.15) is 5.10 Å². The van der Waals surface area contributed by atoms with Crippen LogP contribution in [0.5, 0.6) is 0 Å². The van der Waals surface area contributed by atoms with Crippen LogP contribution in [-0.4, -0.2) is 27.0 Å². The molecule has 24 heavy (non-hydrogen) atoms. The van der Waals surface area contributed by atoms with Crippen LogP contribution < -0.4 is 0 Å². The molecule has 2 aromatic heterocycles. The van der Waals surface area contributed by atoms with Gasteiger partial charge in [0.15, 0.2) is 0 Å². The molecule has 1 N–H and O–H groups in total. The summed E-state index contributed by atoms with van der Waals surface area (Å²) in [5.41, 5.74) is 1.33. The number of rotatable bonds is 5. The number of halogens is 1. The second kappa shape index (κ2) is 6.97. The number of amides is 1. The number of benzene rings is 1. The molecule has 0 unspecified atom stereocenters. The number of H-pyrrole nitrogens is 1. The van der Waals surface area contributed by atoms with Crippen molar-refractivity contribution in [2.75, 3.05) is 0 Å². The Morgan fingerprint density at radius 3 is 2.79 bits per heavy atom. The predicted molar refractivity (Wildman–Crippen MR) is 93.3 cm³/mol. The van der Waals surface area contributed by atoms with Gasteiger partial charge in [0, 0.05) is 22.0 Å². The molecule has 0 aliphatic heterocycles. The van der Waals surface area contributed by atoms with Crippen molar-refractivity contribution in [3.05, 3.63) is 65.0 Å². The normalized spacial score (nSPS) is 11.0. The van der Waals surface area contributed by atoms with Crippen molar-refractivity contribution in [2.45, 2.75) is 26.4 Å². The van der Waals surface area contributed by atoms with Crippen LogP contribution in [0.4, 0.5) is 4.39 Å². The first kappa shape index (κ1) is 16.4. The molecule has 0 fully saturated rings. The van der Waals surface area contributed by atoms with Crippen LogP contribution in [0.3, 0.4) is 0 Å². The fourth-order valence-electron chi connectivity index (χ4n) is 2.45. The van der Waals surface area contributed by atoms with E-state index in [9.17, 15) is 9.18 Å². The molecule has 1 amide bonds. The molecule has 2 heterocycles. The van der Waals surface area contributed by atoms with Crippen molar-refractivity contribution >= 4 is 17.2 Å². The number of hydrogen-bond acceptors (Lipinski definition) is 3. The van der Waals surface area contributed by atoms with Gasteiger partial charge in [0.25, 0.3) is 5.91 Å². The maximum absolute atomic E-state index is 13.4. The minimum Gasteiger partial charge on any atom is -0.330 e. The topological polar surface area (TPSA) is 49.0 Å². The lowest BCUT2D eigenvalue weighted by molar-refractivity contribution is 0.0686. The maximum Gasteiger partial charge on any atom is 0.272 e. The van der Waals surface area contributed by atoms with Crippen LogP contribution in [0.2, 0.25) is 0 Å². The van der Waals surface area contributed by atoms with E-state index in [4.69, 9.17) is 0 Å². The number of aromatic amines is 1. The number of hydrogen-bond donors (Lipinski definition) is 1. The summed E-state index contributed by atoms with van der Waals surface area (Å²) in [6.07, 6.45) is 1.57. The van der Waals surface area contributed by atoms with Crippen molar-refractivity contribution in [3.63, 3.8) is 0 Å². The van der Waals surface area contributed by atoms with Crippen molar-refractivity contribution in [3.8, 4) is 10.4 Å². The van der Waals surface area contributed by atoms with Crippen molar-refractivity contribution in [1.29, 1.82) is 0 Å². The Labute approximate surface area is 143 Å². The highest BCUT2D eigenvalue weighted by atomic mass is 32.1. The zero-order valence-electron chi connectivity index (χ0n) is 13.5. The molecule has 0 aliphatic carbocycles. The summed E-state index contributed by atoms with van der Waals surface area (Å²) in [4.78, 5) is 16.4. The molecular formula is C18H18FN3OS. The molecule has 0 saturated heterocycles. The van der Waals surface area contributed by atoms with E-state index in [1.807, 2.05) is 32.0 Å². The zero-order valence-corrected chi connectivity index (χ0v) is 14.3. The van der Waals surface area contributed by atoms with Crippen molar-refractivity contribution in [1.82, 2.24) is 15.1 Å². The fraction of sp³-hybridized carbons (Fsp3) is 0.222. The second-order valence-corrected chi connectivity index (χ2v) is 6.94. The van der Waals surface area contributed by atoms with Crippen molar-refractivity contribution < 1.29 is 9.18 Å². The van der Waals surface area contributed by atoms with Gasteiger partial charge in [-0.15, -0.1) is 11.3 Å². The van der Waals surface area contributed by atoms with Gasteiger partial charge in [-0.3, -0.25) is 9.89 Å². The third kappa shape index (κ3) is 3.54. The lowest BCUT2D eigenvalue weighted by Gasteiger charge is -2.25. The number of aromatic nitrogens is 2. The molecule has 6 heteroatoms. The highest BCUT2D eigenvalue weighted by molar-refractivity contribution is 7.15. The van der Waals surface area contributed by atoms with Crippen LogP contribution >= 0.6 is 11.3 Å². The molecule has 0 spiro atoms. The quantitative estimate of drug-likeness (QED) is 0.750. The first-order valence-electron chi connectivity index (χ1n) is 7.69. The summed E-state index contributed by atoms with van der Waals surface area (Å²) >= 11 is 1.57. The molecule has 0 atom stereocenters. The third-order valence-corrected chi connectivity index (χ3v) is 4.83. The molecule has 1 aromatic carbocycles. The van der Waals surface area contributed by atoms with Gasteiger partial charge in [0.2, 0.25) is 0 Å². The molecule has 0 saturated carbocycles. The Kier molecular flexibility index (Phi) is 4.76. The number of thiophene rings is 1. The monoisotopic (exact) mass is 343 g/mol. The molecule has 0 bridgehead atoms. The van der Waals surface area contributed by atoms with E-state index >= 15 is 0 Å². The zero-order chi connectivity index (χ0) is 17.1. The van der Waals surface area contributed by atoms with Gasteiger partial charge in [-0.25, -0.2) is 4.39 Å². The SMILES string of the molecule is CC(C)N(Cc1ccc(-c2cccc(F)c2)s1)C(=O)c1ccn[nH]1. The standard InChI is InChI=1S/C18H18FN3OS/c1-12(2)22(18(23)16-8-9-20-21-16)11-15-6-7-17(24-15)13-4-3-5-14(19)10-13/h3-10,12H,11H2,1-2H3,(H,20,21). The maximum atomic E-state index is 13.4. The minimum atomic E-state index is -0.249. The molecule has 124 valence electrons. The van der Waals surface area contributed by atoms with Crippen molar-refractivity contribution in [2.24, 2.45) is 0 Å². The Bertz CT molecular complexity index is 826. The van der Waals surface area contributed by atoms with Crippen LogP contribution in [0, 0.1) is 5.82 Å². The Hall–Kier alpha value is -2.47. The van der Waals surface area contributed by atoms with E-state index < -0.39 is 0 Å².